The number of rotatable bonds is 4. The molecule has 0 amide bonds. The fraction of sp³-hybridized carbons (Fsp3) is 0.375. The van der Waals surface area contributed by atoms with Crippen LogP contribution >= 0.6 is 38.9 Å². The maximum absolute atomic E-state index is 6.22. The molecule has 0 saturated carbocycles. The van der Waals surface area contributed by atoms with Gasteiger partial charge in [-0.1, -0.05) is 36.7 Å². The van der Waals surface area contributed by atoms with Crippen molar-refractivity contribution in [3.63, 3.8) is 0 Å². The molecule has 2 unspecified atom stereocenters. The molecular formula is C16H17BrClNOS. The first kappa shape index (κ1) is 15.3. The van der Waals surface area contributed by atoms with Crippen molar-refractivity contribution < 1.29 is 4.74 Å². The highest BCUT2D eigenvalue weighted by Crippen LogP contribution is 2.45. The second-order valence-electron chi connectivity index (χ2n) is 5.09. The third-order valence-corrected chi connectivity index (χ3v) is 6.36. The number of likely N-dealkylation sites (N-methyl/N-ethyl adjacent to an activating group) is 1. The van der Waals surface area contributed by atoms with E-state index in [1.165, 1.54) is 10.4 Å². The first-order chi connectivity index (χ1) is 10.2. The van der Waals surface area contributed by atoms with Crippen molar-refractivity contribution in [3.05, 3.63) is 49.6 Å². The molecule has 1 N–H and O–H groups in total. The Hall–Kier alpha value is -0.550. The van der Waals surface area contributed by atoms with Gasteiger partial charge < -0.3 is 10.1 Å². The highest BCUT2D eigenvalue weighted by molar-refractivity contribution is 9.11. The molecule has 2 nitrogen and oxygen atoms in total. The molecule has 1 aromatic heterocycles. The third-order valence-electron chi connectivity index (χ3n) is 3.80. The number of hydrogen-bond donors (Lipinski definition) is 1. The van der Waals surface area contributed by atoms with Gasteiger partial charge in [-0.2, -0.15) is 0 Å². The topological polar surface area (TPSA) is 21.3 Å². The van der Waals surface area contributed by atoms with Crippen molar-refractivity contribution in [1.82, 2.24) is 5.32 Å². The van der Waals surface area contributed by atoms with E-state index in [-0.39, 0.29) is 6.04 Å². The normalized spacial score (nSPS) is 18.9. The quantitative estimate of drug-likeness (QED) is 0.761. The maximum atomic E-state index is 6.22. The second-order valence-corrected chi connectivity index (χ2v) is 7.90. The van der Waals surface area contributed by atoms with Gasteiger partial charge in [0.25, 0.3) is 0 Å². The SMILES string of the molecule is CCNC(c1cc(Cl)c(Br)s1)C1CCOc2ccccc21. The molecule has 0 radical (unpaired) electrons. The largest absolute Gasteiger partial charge is 0.493 e. The fourth-order valence-electron chi connectivity index (χ4n) is 2.89. The van der Waals surface area contributed by atoms with E-state index in [1.807, 2.05) is 6.07 Å². The van der Waals surface area contributed by atoms with E-state index in [4.69, 9.17) is 16.3 Å². The summed E-state index contributed by atoms with van der Waals surface area (Å²) in [5.74, 6) is 1.43. The number of fused-ring (bicyclic) bond motifs is 1. The van der Waals surface area contributed by atoms with Crippen LogP contribution in [0.5, 0.6) is 5.75 Å². The lowest BCUT2D eigenvalue weighted by Crippen LogP contribution is -2.29. The zero-order chi connectivity index (χ0) is 14.8. The van der Waals surface area contributed by atoms with Gasteiger partial charge in [0, 0.05) is 16.8 Å². The minimum atomic E-state index is 0.272. The number of nitrogens with one attached hydrogen (secondary N) is 1. The Bertz CT molecular complexity index is 611. The Morgan fingerprint density at radius 1 is 1.48 bits per heavy atom. The molecule has 0 spiro atoms. The van der Waals surface area contributed by atoms with Crippen LogP contribution in [0.3, 0.4) is 0 Å². The van der Waals surface area contributed by atoms with Crippen LogP contribution in [0.2, 0.25) is 5.02 Å². The smallest absolute Gasteiger partial charge is 0.122 e. The molecule has 2 heterocycles. The summed E-state index contributed by atoms with van der Waals surface area (Å²) in [5.41, 5.74) is 1.29. The van der Waals surface area contributed by atoms with Crippen LogP contribution in [0.4, 0.5) is 0 Å². The summed E-state index contributed by atoms with van der Waals surface area (Å²) >= 11 is 11.5. The first-order valence-corrected chi connectivity index (χ1v) is 9.09. The van der Waals surface area contributed by atoms with Crippen molar-refractivity contribution in [2.75, 3.05) is 13.2 Å². The summed E-state index contributed by atoms with van der Waals surface area (Å²) in [6, 6.07) is 10.7. The zero-order valence-corrected chi connectivity index (χ0v) is 14.9. The lowest BCUT2D eigenvalue weighted by atomic mass is 9.86. The van der Waals surface area contributed by atoms with Crippen LogP contribution in [-0.2, 0) is 0 Å². The molecule has 21 heavy (non-hydrogen) atoms. The monoisotopic (exact) mass is 385 g/mol. The average molecular weight is 387 g/mol. The van der Waals surface area contributed by atoms with E-state index < -0.39 is 0 Å². The van der Waals surface area contributed by atoms with E-state index in [2.05, 4.69) is 52.4 Å². The van der Waals surface area contributed by atoms with Crippen LogP contribution < -0.4 is 10.1 Å². The summed E-state index contributed by atoms with van der Waals surface area (Å²) in [6.45, 7) is 3.84. The van der Waals surface area contributed by atoms with Crippen LogP contribution in [0.15, 0.2) is 34.1 Å². The fourth-order valence-corrected chi connectivity index (χ4v) is 4.78. The Labute approximate surface area is 142 Å². The number of benzene rings is 1. The summed E-state index contributed by atoms with van der Waals surface area (Å²) in [7, 11) is 0. The third kappa shape index (κ3) is 3.14. The van der Waals surface area contributed by atoms with Crippen LogP contribution in [0, 0.1) is 0 Å². The Kier molecular flexibility index (Phi) is 4.89. The molecular weight excluding hydrogens is 370 g/mol. The van der Waals surface area contributed by atoms with Gasteiger partial charge in [-0.3, -0.25) is 0 Å². The van der Waals surface area contributed by atoms with E-state index in [0.29, 0.717) is 5.92 Å². The Morgan fingerprint density at radius 2 is 2.29 bits per heavy atom. The summed E-state index contributed by atoms with van der Waals surface area (Å²) in [4.78, 5) is 1.27. The lowest BCUT2D eigenvalue weighted by Gasteiger charge is -2.32. The standard InChI is InChI=1S/C16H17BrClNOS/c1-2-19-15(14-9-12(18)16(17)21-14)11-7-8-20-13-6-4-3-5-10(11)13/h3-6,9,11,15,19H,2,7-8H2,1H3. The van der Waals surface area contributed by atoms with Crippen molar-refractivity contribution in [2.24, 2.45) is 0 Å². The van der Waals surface area contributed by atoms with Gasteiger partial charge in [0.2, 0.25) is 0 Å². The van der Waals surface area contributed by atoms with Gasteiger partial charge >= 0.3 is 0 Å². The van der Waals surface area contributed by atoms with Gasteiger partial charge in [-0.15, -0.1) is 11.3 Å². The predicted octanol–water partition coefficient (Wildman–Crippen LogP) is 5.38. The summed E-state index contributed by atoms with van der Waals surface area (Å²) in [6.07, 6.45) is 1.02. The highest BCUT2D eigenvalue weighted by atomic mass is 79.9. The van der Waals surface area contributed by atoms with Crippen LogP contribution in [0.25, 0.3) is 0 Å². The molecule has 0 fully saturated rings. The molecule has 2 aromatic rings. The predicted molar refractivity (Wildman–Crippen MR) is 92.7 cm³/mol. The number of halogens is 2. The zero-order valence-electron chi connectivity index (χ0n) is 11.7. The minimum absolute atomic E-state index is 0.272. The molecule has 112 valence electrons. The van der Waals surface area contributed by atoms with E-state index in [9.17, 15) is 0 Å². The van der Waals surface area contributed by atoms with Crippen molar-refractivity contribution in [1.29, 1.82) is 0 Å². The Morgan fingerprint density at radius 3 is 3.00 bits per heavy atom. The van der Waals surface area contributed by atoms with E-state index in [1.54, 1.807) is 11.3 Å². The van der Waals surface area contributed by atoms with Crippen molar-refractivity contribution in [3.8, 4) is 5.75 Å². The number of para-hydroxylation sites is 1. The van der Waals surface area contributed by atoms with E-state index >= 15 is 0 Å². The number of ether oxygens (including phenoxy) is 1. The number of hydrogen-bond acceptors (Lipinski definition) is 3. The molecule has 0 bridgehead atoms. The van der Waals surface area contributed by atoms with Gasteiger partial charge in [-0.25, -0.2) is 0 Å². The maximum Gasteiger partial charge on any atom is 0.122 e. The molecule has 2 atom stereocenters. The van der Waals surface area contributed by atoms with Crippen LogP contribution in [-0.4, -0.2) is 13.2 Å². The van der Waals surface area contributed by atoms with Crippen LogP contribution in [0.1, 0.15) is 35.7 Å². The van der Waals surface area contributed by atoms with Gasteiger partial charge in [0.15, 0.2) is 0 Å². The Balaban J connectivity index is 1.98. The highest BCUT2D eigenvalue weighted by Gasteiger charge is 2.30. The molecule has 1 aromatic carbocycles. The van der Waals surface area contributed by atoms with Gasteiger partial charge in [-0.05, 0) is 46.6 Å². The summed E-state index contributed by atoms with van der Waals surface area (Å²) in [5, 5.41) is 4.42. The van der Waals surface area contributed by atoms with Gasteiger partial charge in [0.05, 0.1) is 15.4 Å². The minimum Gasteiger partial charge on any atom is -0.493 e. The molecule has 5 heteroatoms. The lowest BCUT2D eigenvalue weighted by molar-refractivity contribution is 0.247. The van der Waals surface area contributed by atoms with Gasteiger partial charge in [0.1, 0.15) is 5.75 Å². The molecule has 3 rings (SSSR count). The molecule has 1 aliphatic heterocycles. The second kappa shape index (κ2) is 6.69. The molecule has 0 aliphatic carbocycles. The average Bonchev–Trinajstić information content (AvgIpc) is 2.84. The summed E-state index contributed by atoms with van der Waals surface area (Å²) < 4.78 is 6.79. The molecule has 0 saturated heterocycles. The first-order valence-electron chi connectivity index (χ1n) is 7.10. The van der Waals surface area contributed by atoms with Crippen molar-refractivity contribution in [2.45, 2.75) is 25.3 Å². The number of thiophene rings is 1. The van der Waals surface area contributed by atoms with E-state index in [0.717, 1.165) is 34.1 Å². The van der Waals surface area contributed by atoms with Crippen molar-refractivity contribution >= 4 is 38.9 Å². The molecule has 1 aliphatic rings.